The highest BCUT2D eigenvalue weighted by molar-refractivity contribution is 4.49. The number of hydrogen-bond donors (Lipinski definition) is 0. The van der Waals surface area contributed by atoms with E-state index < -0.39 is 0 Å². The molecule has 0 aromatic heterocycles. The Hall–Kier alpha value is -0.0800. The lowest BCUT2D eigenvalue weighted by Gasteiger charge is -2.16. The Morgan fingerprint density at radius 2 is 1.90 bits per heavy atom. The Bertz CT molecular complexity index is 62.3. The van der Waals surface area contributed by atoms with Crippen LogP contribution in [-0.2, 0) is 4.74 Å². The molecule has 0 rings (SSSR count). The van der Waals surface area contributed by atoms with Gasteiger partial charge in [0.25, 0.3) is 0 Å². The van der Waals surface area contributed by atoms with E-state index in [0.717, 1.165) is 26.2 Å². The number of hydrogen-bond acceptors (Lipinski definition) is 2. The monoisotopic (exact) mass is 144 g/mol. The molecule has 61 valence electrons. The smallest absolute Gasteiger partial charge is 0.0593 e. The van der Waals surface area contributed by atoms with Gasteiger partial charge in [0.1, 0.15) is 0 Å². The summed E-state index contributed by atoms with van der Waals surface area (Å²) in [5.41, 5.74) is 0. The molecule has 0 aromatic carbocycles. The van der Waals surface area contributed by atoms with Crippen LogP contribution in [0.1, 0.15) is 13.8 Å². The van der Waals surface area contributed by atoms with Crippen LogP contribution in [0.3, 0.4) is 0 Å². The van der Waals surface area contributed by atoms with E-state index in [1.165, 1.54) is 0 Å². The van der Waals surface area contributed by atoms with Gasteiger partial charge in [-0.15, -0.1) is 0 Å². The van der Waals surface area contributed by atoms with Gasteiger partial charge in [0.05, 0.1) is 6.61 Å². The van der Waals surface area contributed by atoms with Crippen LogP contribution in [0.2, 0.25) is 0 Å². The van der Waals surface area contributed by atoms with E-state index in [9.17, 15) is 0 Å². The quantitative estimate of drug-likeness (QED) is 0.519. The molecule has 0 aliphatic rings. The number of nitrogens with zero attached hydrogens (tertiary/aromatic N) is 1. The van der Waals surface area contributed by atoms with Crippen LogP contribution in [0.5, 0.6) is 0 Å². The molecule has 2 nitrogen and oxygen atoms in total. The van der Waals surface area contributed by atoms with Gasteiger partial charge in [-0.2, -0.15) is 0 Å². The van der Waals surface area contributed by atoms with Gasteiger partial charge in [-0.05, 0) is 20.0 Å². The molecule has 0 heterocycles. The number of ether oxygens (including phenoxy) is 1. The first-order valence-electron chi connectivity index (χ1n) is 3.94. The molecular weight excluding hydrogens is 126 g/mol. The first kappa shape index (κ1) is 9.92. The first-order chi connectivity index (χ1) is 4.85. The summed E-state index contributed by atoms with van der Waals surface area (Å²) in [7, 11) is 0. The molecule has 2 heteroatoms. The molecule has 0 unspecified atom stereocenters. The molecule has 0 atom stereocenters. The lowest BCUT2D eigenvalue weighted by molar-refractivity contribution is 0.127. The van der Waals surface area contributed by atoms with Crippen molar-refractivity contribution in [2.75, 3.05) is 32.8 Å². The van der Waals surface area contributed by atoms with Crippen molar-refractivity contribution in [3.63, 3.8) is 0 Å². The largest absolute Gasteiger partial charge is 0.380 e. The summed E-state index contributed by atoms with van der Waals surface area (Å²) in [6.45, 7) is 12.6. The van der Waals surface area contributed by atoms with Crippen molar-refractivity contribution in [1.82, 2.24) is 4.90 Å². The fourth-order valence-corrected chi connectivity index (χ4v) is 0.836. The van der Waals surface area contributed by atoms with E-state index in [0.29, 0.717) is 6.61 Å². The van der Waals surface area contributed by atoms with Crippen LogP contribution in [0.25, 0.3) is 0 Å². The van der Waals surface area contributed by atoms with E-state index in [-0.39, 0.29) is 0 Å². The molecule has 10 heavy (non-hydrogen) atoms. The predicted octanol–water partition coefficient (Wildman–Crippen LogP) is 1.18. The van der Waals surface area contributed by atoms with E-state index in [1.54, 1.807) is 0 Å². The van der Waals surface area contributed by atoms with Gasteiger partial charge in [-0.3, -0.25) is 0 Å². The van der Waals surface area contributed by atoms with Gasteiger partial charge in [-0.25, -0.2) is 0 Å². The van der Waals surface area contributed by atoms with Crippen LogP contribution in [-0.4, -0.2) is 37.7 Å². The lowest BCUT2D eigenvalue weighted by atomic mass is 10.5. The van der Waals surface area contributed by atoms with E-state index >= 15 is 0 Å². The van der Waals surface area contributed by atoms with Crippen molar-refractivity contribution in [3.05, 3.63) is 6.92 Å². The van der Waals surface area contributed by atoms with Gasteiger partial charge in [0, 0.05) is 13.2 Å². The highest BCUT2D eigenvalue weighted by Gasteiger charge is 1.95. The highest BCUT2D eigenvalue weighted by Crippen LogP contribution is 1.85. The van der Waals surface area contributed by atoms with Gasteiger partial charge >= 0.3 is 0 Å². The van der Waals surface area contributed by atoms with E-state index in [4.69, 9.17) is 4.74 Å². The third-order valence-corrected chi connectivity index (χ3v) is 1.59. The Labute approximate surface area is 64.2 Å². The molecule has 0 spiro atoms. The zero-order valence-electron chi connectivity index (χ0n) is 7.10. The lowest BCUT2D eigenvalue weighted by Crippen LogP contribution is -2.26. The average Bonchev–Trinajstić information content (AvgIpc) is 1.99. The maximum Gasteiger partial charge on any atom is 0.0593 e. The second kappa shape index (κ2) is 7.03. The second-order valence-corrected chi connectivity index (χ2v) is 2.14. The van der Waals surface area contributed by atoms with Crippen molar-refractivity contribution in [2.24, 2.45) is 0 Å². The summed E-state index contributed by atoms with van der Waals surface area (Å²) >= 11 is 0. The van der Waals surface area contributed by atoms with Gasteiger partial charge < -0.3 is 9.64 Å². The second-order valence-electron chi connectivity index (χ2n) is 2.14. The molecule has 0 aromatic rings. The van der Waals surface area contributed by atoms with Crippen molar-refractivity contribution in [3.8, 4) is 0 Å². The van der Waals surface area contributed by atoms with Crippen LogP contribution in [0.4, 0.5) is 0 Å². The average molecular weight is 144 g/mol. The Balaban J connectivity index is 3.09. The zero-order valence-corrected chi connectivity index (χ0v) is 7.10. The molecule has 1 radical (unpaired) electrons. The topological polar surface area (TPSA) is 12.5 Å². The molecule has 0 N–H and O–H groups in total. The molecule has 0 bridgehead atoms. The minimum atomic E-state index is 0.585. The summed E-state index contributed by atoms with van der Waals surface area (Å²) in [5.74, 6) is 0. The SMILES string of the molecule is [CH2]COCCN(CC)CC. The van der Waals surface area contributed by atoms with E-state index in [2.05, 4.69) is 25.7 Å². The maximum atomic E-state index is 5.11. The Morgan fingerprint density at radius 3 is 2.30 bits per heavy atom. The minimum Gasteiger partial charge on any atom is -0.380 e. The number of rotatable bonds is 6. The first-order valence-corrected chi connectivity index (χ1v) is 3.94. The van der Waals surface area contributed by atoms with Gasteiger partial charge in [0.15, 0.2) is 0 Å². The fraction of sp³-hybridized carbons (Fsp3) is 0.875. The summed E-state index contributed by atoms with van der Waals surface area (Å²) in [6.07, 6.45) is 0. The Morgan fingerprint density at radius 1 is 1.30 bits per heavy atom. The van der Waals surface area contributed by atoms with E-state index in [1.807, 2.05) is 0 Å². The van der Waals surface area contributed by atoms with Crippen molar-refractivity contribution in [2.45, 2.75) is 13.8 Å². The number of likely N-dealkylation sites (N-methyl/N-ethyl adjacent to an activating group) is 1. The molecule has 0 saturated carbocycles. The summed E-state index contributed by atoms with van der Waals surface area (Å²) in [4.78, 5) is 2.33. The van der Waals surface area contributed by atoms with Gasteiger partial charge in [-0.1, -0.05) is 13.8 Å². The Kier molecular flexibility index (Phi) is 6.98. The maximum absolute atomic E-state index is 5.11. The van der Waals surface area contributed by atoms with Crippen LogP contribution in [0.15, 0.2) is 0 Å². The van der Waals surface area contributed by atoms with Crippen molar-refractivity contribution >= 4 is 0 Å². The summed E-state index contributed by atoms with van der Waals surface area (Å²) in [5, 5.41) is 0. The van der Waals surface area contributed by atoms with Crippen LogP contribution < -0.4 is 0 Å². The normalized spacial score (nSPS) is 10.8. The molecular formula is C8H18NO. The highest BCUT2D eigenvalue weighted by atomic mass is 16.5. The summed E-state index contributed by atoms with van der Waals surface area (Å²) < 4.78 is 5.11. The van der Waals surface area contributed by atoms with Crippen molar-refractivity contribution in [1.29, 1.82) is 0 Å². The van der Waals surface area contributed by atoms with Crippen LogP contribution in [0, 0.1) is 6.92 Å². The summed E-state index contributed by atoms with van der Waals surface area (Å²) in [6, 6.07) is 0. The minimum absolute atomic E-state index is 0.585. The molecule has 0 fully saturated rings. The standard InChI is InChI=1S/C8H18NO/c1-4-9(5-2)7-8-10-6-3/h3-8H2,1-2H3. The van der Waals surface area contributed by atoms with Crippen molar-refractivity contribution < 1.29 is 4.74 Å². The molecule has 0 aliphatic heterocycles. The third-order valence-electron chi connectivity index (χ3n) is 1.59. The zero-order chi connectivity index (χ0) is 7.82. The molecule has 0 saturated heterocycles. The van der Waals surface area contributed by atoms with Crippen LogP contribution >= 0.6 is 0 Å². The third kappa shape index (κ3) is 4.77. The molecule has 0 aliphatic carbocycles. The van der Waals surface area contributed by atoms with Gasteiger partial charge in [0.2, 0.25) is 0 Å². The molecule has 0 amide bonds. The predicted molar refractivity (Wildman–Crippen MR) is 44.0 cm³/mol. The fourth-order valence-electron chi connectivity index (χ4n) is 0.836.